The van der Waals surface area contributed by atoms with Crippen LogP contribution in [0.1, 0.15) is 33.1 Å². The van der Waals surface area contributed by atoms with Crippen LogP contribution in [0.3, 0.4) is 0 Å². The highest BCUT2D eigenvalue weighted by Crippen LogP contribution is 2.33. The van der Waals surface area contributed by atoms with Crippen LogP contribution in [0.2, 0.25) is 0 Å². The Morgan fingerprint density at radius 2 is 2.31 bits per heavy atom. The molecule has 0 aliphatic heterocycles. The van der Waals surface area contributed by atoms with Gasteiger partial charge in [0.15, 0.2) is 0 Å². The summed E-state index contributed by atoms with van der Waals surface area (Å²) in [4.78, 5) is 8.22. The van der Waals surface area contributed by atoms with Gasteiger partial charge in [0.25, 0.3) is 0 Å². The number of nitrogens with zero attached hydrogens (tertiary/aromatic N) is 2. The van der Waals surface area contributed by atoms with E-state index in [9.17, 15) is 0 Å². The van der Waals surface area contributed by atoms with Crippen molar-refractivity contribution in [3.63, 3.8) is 0 Å². The van der Waals surface area contributed by atoms with Crippen molar-refractivity contribution in [3.8, 4) is 5.88 Å². The number of anilines is 1. The molecule has 0 aromatic carbocycles. The zero-order chi connectivity index (χ0) is 11.4. The molecule has 1 aromatic rings. The van der Waals surface area contributed by atoms with Gasteiger partial charge in [0.05, 0.1) is 6.61 Å². The van der Waals surface area contributed by atoms with Gasteiger partial charge in [0.2, 0.25) is 5.88 Å². The van der Waals surface area contributed by atoms with E-state index in [0.717, 1.165) is 11.7 Å². The van der Waals surface area contributed by atoms with Crippen LogP contribution in [0.4, 0.5) is 5.82 Å². The molecule has 16 heavy (non-hydrogen) atoms. The molecule has 2 rings (SSSR count). The Balaban J connectivity index is 1.88. The normalized spacial score (nSPS) is 16.9. The smallest absolute Gasteiger partial charge is 0.218 e. The molecule has 88 valence electrons. The molecule has 4 heteroatoms. The molecule has 1 aromatic heterocycles. The van der Waals surface area contributed by atoms with Crippen molar-refractivity contribution in [1.82, 2.24) is 9.97 Å². The fourth-order valence-electron chi connectivity index (χ4n) is 1.81. The van der Waals surface area contributed by atoms with Crippen molar-refractivity contribution in [1.29, 1.82) is 0 Å². The van der Waals surface area contributed by atoms with Crippen molar-refractivity contribution in [2.75, 3.05) is 11.9 Å². The van der Waals surface area contributed by atoms with E-state index in [4.69, 9.17) is 4.74 Å². The summed E-state index contributed by atoms with van der Waals surface area (Å²) < 4.78 is 5.33. The molecule has 0 bridgehead atoms. The summed E-state index contributed by atoms with van der Waals surface area (Å²) in [5.41, 5.74) is 0. The first-order valence-electron chi connectivity index (χ1n) is 5.99. The average Bonchev–Trinajstić information content (AvgIpc) is 3.02. The van der Waals surface area contributed by atoms with Gasteiger partial charge in [-0.2, -0.15) is 0 Å². The molecule has 1 atom stereocenters. The van der Waals surface area contributed by atoms with E-state index in [1.807, 2.05) is 13.0 Å². The second-order valence-corrected chi connectivity index (χ2v) is 4.40. The lowest BCUT2D eigenvalue weighted by Gasteiger charge is -2.14. The summed E-state index contributed by atoms with van der Waals surface area (Å²) >= 11 is 0. The first-order valence-corrected chi connectivity index (χ1v) is 5.99. The highest BCUT2D eigenvalue weighted by Gasteiger charge is 2.23. The number of aromatic nitrogens is 2. The van der Waals surface area contributed by atoms with Crippen LogP contribution in [0.25, 0.3) is 0 Å². The maximum absolute atomic E-state index is 5.33. The standard InChI is InChI=1S/C12H19N3O/c1-3-16-12-7-11(13-8-14-12)15-9(2)6-10-4-5-10/h7-10H,3-6H2,1-2H3,(H,13,14,15). The van der Waals surface area contributed by atoms with E-state index in [0.29, 0.717) is 18.5 Å². The van der Waals surface area contributed by atoms with Crippen molar-refractivity contribution in [2.24, 2.45) is 5.92 Å². The van der Waals surface area contributed by atoms with Crippen LogP contribution in [-0.4, -0.2) is 22.6 Å². The van der Waals surface area contributed by atoms with Crippen molar-refractivity contribution < 1.29 is 4.74 Å². The molecule has 1 heterocycles. The molecular weight excluding hydrogens is 202 g/mol. The largest absolute Gasteiger partial charge is 0.478 e. The Kier molecular flexibility index (Phi) is 3.59. The third kappa shape index (κ3) is 3.36. The lowest BCUT2D eigenvalue weighted by atomic mass is 10.1. The average molecular weight is 221 g/mol. The van der Waals surface area contributed by atoms with Crippen molar-refractivity contribution >= 4 is 5.82 Å². The van der Waals surface area contributed by atoms with Crippen LogP contribution in [0.5, 0.6) is 5.88 Å². The maximum Gasteiger partial charge on any atom is 0.218 e. The minimum atomic E-state index is 0.469. The van der Waals surface area contributed by atoms with Gasteiger partial charge in [0.1, 0.15) is 12.1 Å². The second-order valence-electron chi connectivity index (χ2n) is 4.40. The predicted octanol–water partition coefficient (Wildman–Crippen LogP) is 2.48. The van der Waals surface area contributed by atoms with E-state index >= 15 is 0 Å². The Hall–Kier alpha value is -1.32. The first kappa shape index (κ1) is 11.2. The number of hydrogen-bond donors (Lipinski definition) is 1. The summed E-state index contributed by atoms with van der Waals surface area (Å²) in [7, 11) is 0. The van der Waals surface area contributed by atoms with Gasteiger partial charge in [-0.1, -0.05) is 12.8 Å². The zero-order valence-corrected chi connectivity index (χ0v) is 9.94. The fraction of sp³-hybridized carbons (Fsp3) is 0.667. The summed E-state index contributed by atoms with van der Waals surface area (Å²) in [6.07, 6.45) is 5.55. The van der Waals surface area contributed by atoms with E-state index in [1.54, 1.807) is 0 Å². The highest BCUT2D eigenvalue weighted by molar-refractivity contribution is 5.37. The number of rotatable bonds is 6. The molecule has 4 nitrogen and oxygen atoms in total. The van der Waals surface area contributed by atoms with Crippen molar-refractivity contribution in [3.05, 3.63) is 12.4 Å². The SMILES string of the molecule is CCOc1cc(NC(C)CC2CC2)ncn1. The van der Waals surface area contributed by atoms with Gasteiger partial charge < -0.3 is 10.1 Å². The van der Waals surface area contributed by atoms with Crippen LogP contribution in [0.15, 0.2) is 12.4 Å². The third-order valence-corrected chi connectivity index (χ3v) is 2.71. The van der Waals surface area contributed by atoms with Gasteiger partial charge in [-0.05, 0) is 26.2 Å². The quantitative estimate of drug-likeness (QED) is 0.801. The van der Waals surface area contributed by atoms with Crippen LogP contribution in [-0.2, 0) is 0 Å². The molecule has 0 saturated heterocycles. The van der Waals surface area contributed by atoms with Crippen molar-refractivity contribution in [2.45, 2.75) is 39.2 Å². The predicted molar refractivity (Wildman–Crippen MR) is 63.6 cm³/mol. The summed E-state index contributed by atoms with van der Waals surface area (Å²) in [6.45, 7) is 4.78. The maximum atomic E-state index is 5.33. The molecular formula is C12H19N3O. The van der Waals surface area contributed by atoms with Gasteiger partial charge >= 0.3 is 0 Å². The number of nitrogens with one attached hydrogen (secondary N) is 1. The molecule has 1 aliphatic carbocycles. The summed E-state index contributed by atoms with van der Waals surface area (Å²) in [6, 6.07) is 2.32. The lowest BCUT2D eigenvalue weighted by Crippen LogP contribution is -2.16. The Labute approximate surface area is 96.4 Å². The molecule has 0 amide bonds. The number of ether oxygens (including phenoxy) is 1. The van der Waals surface area contributed by atoms with Crippen LogP contribution < -0.4 is 10.1 Å². The zero-order valence-electron chi connectivity index (χ0n) is 9.94. The lowest BCUT2D eigenvalue weighted by molar-refractivity contribution is 0.326. The molecule has 1 fully saturated rings. The minimum Gasteiger partial charge on any atom is -0.478 e. The molecule has 0 spiro atoms. The Bertz CT molecular complexity index is 339. The van der Waals surface area contributed by atoms with E-state index in [2.05, 4.69) is 22.2 Å². The third-order valence-electron chi connectivity index (χ3n) is 2.71. The first-order chi connectivity index (χ1) is 7.78. The molecule has 1 unspecified atom stereocenters. The van der Waals surface area contributed by atoms with Gasteiger partial charge in [-0.15, -0.1) is 0 Å². The molecule has 1 N–H and O–H groups in total. The van der Waals surface area contributed by atoms with Crippen LogP contribution in [0, 0.1) is 5.92 Å². The van der Waals surface area contributed by atoms with E-state index in [-0.39, 0.29) is 0 Å². The van der Waals surface area contributed by atoms with E-state index < -0.39 is 0 Å². The highest BCUT2D eigenvalue weighted by atomic mass is 16.5. The van der Waals surface area contributed by atoms with Gasteiger partial charge in [0, 0.05) is 12.1 Å². The minimum absolute atomic E-state index is 0.469. The molecule has 1 aliphatic rings. The number of hydrogen-bond acceptors (Lipinski definition) is 4. The van der Waals surface area contributed by atoms with Crippen LogP contribution >= 0.6 is 0 Å². The topological polar surface area (TPSA) is 47.0 Å². The fourth-order valence-corrected chi connectivity index (χ4v) is 1.81. The Morgan fingerprint density at radius 3 is 3.00 bits per heavy atom. The van der Waals surface area contributed by atoms with E-state index in [1.165, 1.54) is 25.6 Å². The monoisotopic (exact) mass is 221 g/mol. The summed E-state index contributed by atoms with van der Waals surface area (Å²) in [5, 5.41) is 3.38. The van der Waals surface area contributed by atoms with Gasteiger partial charge in [-0.25, -0.2) is 9.97 Å². The van der Waals surface area contributed by atoms with Gasteiger partial charge in [-0.3, -0.25) is 0 Å². The second kappa shape index (κ2) is 5.14. The molecule has 0 radical (unpaired) electrons. The summed E-state index contributed by atoms with van der Waals surface area (Å²) in [5.74, 6) is 2.42. The molecule has 1 saturated carbocycles. The Morgan fingerprint density at radius 1 is 1.50 bits per heavy atom.